The Morgan fingerprint density at radius 2 is 1.54 bits per heavy atom. The monoisotopic (exact) mass is 323 g/mol. The molecule has 5 heteroatoms. The Morgan fingerprint density at radius 3 is 2.12 bits per heavy atom. The number of hydrogen-bond acceptors (Lipinski definition) is 3. The predicted molar refractivity (Wildman–Crippen MR) is 92.6 cm³/mol. The molecule has 1 saturated heterocycles. The number of pyridine rings is 1. The van der Waals surface area contributed by atoms with Crippen molar-refractivity contribution in [3.8, 4) is 11.3 Å². The quantitative estimate of drug-likeness (QED) is 0.852. The summed E-state index contributed by atoms with van der Waals surface area (Å²) in [5.74, 6) is 0.0509. The molecule has 1 aromatic carbocycles. The van der Waals surface area contributed by atoms with Gasteiger partial charge in [0.2, 0.25) is 5.91 Å². The minimum atomic E-state index is -0.0113. The molecule has 1 fully saturated rings. The van der Waals surface area contributed by atoms with Crippen LogP contribution in [0.25, 0.3) is 11.3 Å². The number of piperazine rings is 1. The van der Waals surface area contributed by atoms with Gasteiger partial charge in [-0.1, -0.05) is 30.3 Å². The van der Waals surface area contributed by atoms with Crippen LogP contribution in [-0.4, -0.2) is 52.8 Å². The summed E-state index contributed by atoms with van der Waals surface area (Å²) in [5.41, 5.74) is 3.27. The Kier molecular flexibility index (Phi) is 4.60. The third-order valence-corrected chi connectivity index (χ3v) is 4.40. The Labute approximate surface area is 141 Å². The van der Waals surface area contributed by atoms with Crippen LogP contribution in [0, 0.1) is 6.92 Å². The molecule has 2 aromatic rings. The minimum absolute atomic E-state index is 0.0113. The van der Waals surface area contributed by atoms with E-state index in [2.05, 4.69) is 4.98 Å². The van der Waals surface area contributed by atoms with Crippen molar-refractivity contribution in [2.45, 2.75) is 13.8 Å². The number of aryl methyl sites for hydroxylation is 1. The topological polar surface area (TPSA) is 53.5 Å². The summed E-state index contributed by atoms with van der Waals surface area (Å²) in [6, 6.07) is 13.7. The van der Waals surface area contributed by atoms with E-state index in [1.165, 1.54) is 0 Å². The highest BCUT2D eigenvalue weighted by atomic mass is 16.2. The van der Waals surface area contributed by atoms with Crippen LogP contribution in [0.4, 0.5) is 0 Å². The molecule has 1 aromatic heterocycles. The Hall–Kier alpha value is -2.69. The van der Waals surface area contributed by atoms with Gasteiger partial charge in [-0.15, -0.1) is 0 Å². The molecule has 0 bridgehead atoms. The number of aromatic nitrogens is 1. The van der Waals surface area contributed by atoms with E-state index in [9.17, 15) is 9.59 Å². The van der Waals surface area contributed by atoms with Crippen molar-refractivity contribution in [3.63, 3.8) is 0 Å². The Morgan fingerprint density at radius 1 is 0.917 bits per heavy atom. The maximum atomic E-state index is 12.7. The number of nitrogens with zero attached hydrogens (tertiary/aromatic N) is 3. The second-order valence-electron chi connectivity index (χ2n) is 5.99. The molecule has 3 rings (SSSR count). The van der Waals surface area contributed by atoms with E-state index in [0.717, 1.165) is 17.0 Å². The van der Waals surface area contributed by atoms with Gasteiger partial charge < -0.3 is 9.80 Å². The van der Waals surface area contributed by atoms with Gasteiger partial charge in [0.1, 0.15) is 0 Å². The second-order valence-corrected chi connectivity index (χ2v) is 5.99. The fourth-order valence-electron chi connectivity index (χ4n) is 2.95. The molecule has 0 atom stereocenters. The maximum Gasteiger partial charge on any atom is 0.255 e. The summed E-state index contributed by atoms with van der Waals surface area (Å²) in [6.45, 7) is 5.75. The largest absolute Gasteiger partial charge is 0.339 e. The van der Waals surface area contributed by atoms with Crippen LogP contribution in [-0.2, 0) is 4.79 Å². The highest BCUT2D eigenvalue weighted by molar-refractivity contribution is 5.95. The van der Waals surface area contributed by atoms with E-state index < -0.39 is 0 Å². The van der Waals surface area contributed by atoms with Crippen LogP contribution in [0.2, 0.25) is 0 Å². The average molecular weight is 323 g/mol. The lowest BCUT2D eigenvalue weighted by atomic mass is 10.1. The highest BCUT2D eigenvalue weighted by Gasteiger charge is 2.24. The summed E-state index contributed by atoms with van der Waals surface area (Å²) >= 11 is 0. The van der Waals surface area contributed by atoms with Crippen LogP contribution in [0.5, 0.6) is 0 Å². The van der Waals surface area contributed by atoms with Crippen molar-refractivity contribution in [1.82, 2.24) is 14.8 Å². The van der Waals surface area contributed by atoms with Crippen LogP contribution in [0.15, 0.2) is 42.5 Å². The van der Waals surface area contributed by atoms with Crippen molar-refractivity contribution >= 4 is 11.8 Å². The van der Waals surface area contributed by atoms with E-state index in [1.54, 1.807) is 16.7 Å². The molecule has 2 amide bonds. The summed E-state index contributed by atoms with van der Waals surface area (Å²) in [4.78, 5) is 32.3. The number of carbonyl (C=O) groups excluding carboxylic acids is 2. The van der Waals surface area contributed by atoms with Crippen LogP contribution < -0.4 is 0 Å². The summed E-state index contributed by atoms with van der Waals surface area (Å²) < 4.78 is 0. The first-order valence-corrected chi connectivity index (χ1v) is 8.14. The first-order valence-electron chi connectivity index (χ1n) is 8.14. The van der Waals surface area contributed by atoms with Gasteiger partial charge in [0.25, 0.3) is 5.91 Å². The Bertz CT molecular complexity index is 750. The molecule has 1 aliphatic heterocycles. The zero-order valence-electron chi connectivity index (χ0n) is 14.0. The molecule has 124 valence electrons. The van der Waals surface area contributed by atoms with E-state index in [1.807, 2.05) is 49.4 Å². The summed E-state index contributed by atoms with van der Waals surface area (Å²) in [6.07, 6.45) is 0. The van der Waals surface area contributed by atoms with Crippen molar-refractivity contribution < 1.29 is 9.59 Å². The Balaban J connectivity index is 1.75. The molecule has 2 heterocycles. The molecule has 0 aliphatic carbocycles. The molecular formula is C19H21N3O2. The fraction of sp³-hybridized carbons (Fsp3) is 0.316. The highest BCUT2D eigenvalue weighted by Crippen LogP contribution is 2.20. The molecule has 0 saturated carbocycles. The van der Waals surface area contributed by atoms with Crippen LogP contribution in [0.1, 0.15) is 23.0 Å². The molecule has 0 N–H and O–H groups in total. The lowest BCUT2D eigenvalue weighted by Gasteiger charge is -2.34. The van der Waals surface area contributed by atoms with Crippen LogP contribution in [0.3, 0.4) is 0 Å². The first kappa shape index (κ1) is 16.2. The van der Waals surface area contributed by atoms with Crippen molar-refractivity contribution in [2.24, 2.45) is 0 Å². The number of amides is 2. The van der Waals surface area contributed by atoms with E-state index >= 15 is 0 Å². The van der Waals surface area contributed by atoms with Gasteiger partial charge in [0.05, 0.1) is 17.0 Å². The SMILES string of the molecule is CC(=O)N1CCN(C(=O)c2ccc(-c3ccccc3)nc2C)CC1. The van der Waals surface area contributed by atoms with Gasteiger partial charge in [-0.2, -0.15) is 0 Å². The normalized spacial score (nSPS) is 14.6. The summed E-state index contributed by atoms with van der Waals surface area (Å²) in [7, 11) is 0. The third kappa shape index (κ3) is 3.30. The molecular weight excluding hydrogens is 302 g/mol. The van der Waals surface area contributed by atoms with Crippen LogP contribution >= 0.6 is 0 Å². The number of rotatable bonds is 2. The zero-order chi connectivity index (χ0) is 17.1. The van der Waals surface area contributed by atoms with E-state index in [4.69, 9.17) is 0 Å². The average Bonchev–Trinajstić information content (AvgIpc) is 2.62. The number of hydrogen-bond donors (Lipinski definition) is 0. The molecule has 0 spiro atoms. The molecule has 5 nitrogen and oxygen atoms in total. The zero-order valence-corrected chi connectivity index (χ0v) is 14.0. The maximum absolute atomic E-state index is 12.7. The van der Waals surface area contributed by atoms with Gasteiger partial charge in [-0.3, -0.25) is 14.6 Å². The van der Waals surface area contributed by atoms with E-state index in [-0.39, 0.29) is 11.8 Å². The van der Waals surface area contributed by atoms with Gasteiger partial charge in [-0.25, -0.2) is 0 Å². The molecule has 0 radical (unpaired) electrons. The smallest absolute Gasteiger partial charge is 0.255 e. The van der Waals surface area contributed by atoms with Gasteiger partial charge >= 0.3 is 0 Å². The first-order chi connectivity index (χ1) is 11.6. The lowest BCUT2D eigenvalue weighted by Crippen LogP contribution is -2.50. The van der Waals surface area contributed by atoms with Crippen molar-refractivity contribution in [1.29, 1.82) is 0 Å². The second kappa shape index (κ2) is 6.83. The number of carbonyl (C=O) groups is 2. The lowest BCUT2D eigenvalue weighted by molar-refractivity contribution is -0.130. The third-order valence-electron chi connectivity index (χ3n) is 4.40. The number of benzene rings is 1. The van der Waals surface area contributed by atoms with Gasteiger partial charge in [0, 0.05) is 38.7 Å². The van der Waals surface area contributed by atoms with Crippen molar-refractivity contribution in [2.75, 3.05) is 26.2 Å². The van der Waals surface area contributed by atoms with Gasteiger partial charge in [-0.05, 0) is 19.1 Å². The fourth-order valence-corrected chi connectivity index (χ4v) is 2.95. The molecule has 1 aliphatic rings. The predicted octanol–water partition coefficient (Wildman–Crippen LogP) is 2.36. The minimum Gasteiger partial charge on any atom is -0.339 e. The van der Waals surface area contributed by atoms with Gasteiger partial charge in [0.15, 0.2) is 0 Å². The standard InChI is InChI=1S/C19H21N3O2/c1-14-17(8-9-18(20-14)16-6-4-3-5-7-16)19(24)22-12-10-21(11-13-22)15(2)23/h3-9H,10-13H2,1-2H3. The van der Waals surface area contributed by atoms with E-state index in [0.29, 0.717) is 31.7 Å². The molecule has 24 heavy (non-hydrogen) atoms. The van der Waals surface area contributed by atoms with Crippen molar-refractivity contribution in [3.05, 3.63) is 53.7 Å². The molecule has 0 unspecified atom stereocenters. The summed E-state index contributed by atoms with van der Waals surface area (Å²) in [5, 5.41) is 0.